The van der Waals surface area contributed by atoms with Gasteiger partial charge in [0.2, 0.25) is 0 Å². The van der Waals surface area contributed by atoms with Crippen LogP contribution >= 0.6 is 0 Å². The zero-order chi connectivity index (χ0) is 14.1. The normalized spacial score (nSPS) is 10.3. The van der Waals surface area contributed by atoms with Gasteiger partial charge in [-0.3, -0.25) is 0 Å². The first-order valence-electron chi connectivity index (χ1n) is 6.58. The average Bonchev–Trinajstić information content (AvgIpc) is 2.41. The van der Waals surface area contributed by atoms with Crippen LogP contribution in [-0.4, -0.2) is 47.4 Å². The number of carbonyl (C=O) groups excluding carboxylic acids is 1. The van der Waals surface area contributed by atoms with Crippen molar-refractivity contribution < 1.29 is 15.0 Å². The topological polar surface area (TPSA) is 72.8 Å². The number of hydrogen-bond acceptors (Lipinski definition) is 3. The second kappa shape index (κ2) is 8.50. The fraction of sp³-hybridized carbons (Fsp3) is 0.500. The Balaban J connectivity index is 2.74. The van der Waals surface area contributed by atoms with E-state index in [1.807, 2.05) is 24.3 Å². The predicted octanol–water partition coefficient (Wildman–Crippen LogP) is 1.46. The van der Waals surface area contributed by atoms with Gasteiger partial charge < -0.3 is 20.4 Å². The molecule has 0 saturated carbocycles. The van der Waals surface area contributed by atoms with Gasteiger partial charge in [-0.2, -0.15) is 0 Å². The number of hydrogen-bond donors (Lipinski definition) is 3. The van der Waals surface area contributed by atoms with Crippen molar-refractivity contribution in [1.29, 1.82) is 0 Å². The standard InChI is InChI=1S/C14H22N2O3/c1-2-5-12-6-3-4-7-13(12)15-14(19)16(8-10-17)9-11-18/h3-4,6-7,17-18H,2,5,8-11H2,1H3,(H,15,19). The summed E-state index contributed by atoms with van der Waals surface area (Å²) in [6, 6.07) is 7.36. The van der Waals surface area contributed by atoms with E-state index in [9.17, 15) is 4.79 Å². The quantitative estimate of drug-likeness (QED) is 0.699. The highest BCUT2D eigenvalue weighted by molar-refractivity contribution is 5.90. The summed E-state index contributed by atoms with van der Waals surface area (Å²) in [5.41, 5.74) is 1.88. The maximum atomic E-state index is 12.0. The number of carbonyl (C=O) groups is 1. The smallest absolute Gasteiger partial charge is 0.322 e. The summed E-state index contributed by atoms with van der Waals surface area (Å²) in [5, 5.41) is 20.7. The molecule has 1 aromatic carbocycles. The first kappa shape index (κ1) is 15.5. The molecule has 0 atom stereocenters. The fourth-order valence-corrected chi connectivity index (χ4v) is 1.88. The Hall–Kier alpha value is -1.59. The van der Waals surface area contributed by atoms with Crippen molar-refractivity contribution in [2.45, 2.75) is 19.8 Å². The number of benzene rings is 1. The molecule has 3 N–H and O–H groups in total. The second-order valence-electron chi connectivity index (χ2n) is 4.27. The van der Waals surface area contributed by atoms with Gasteiger partial charge in [0.1, 0.15) is 0 Å². The van der Waals surface area contributed by atoms with Crippen molar-refractivity contribution >= 4 is 11.7 Å². The van der Waals surface area contributed by atoms with Crippen molar-refractivity contribution in [3.05, 3.63) is 29.8 Å². The number of nitrogens with one attached hydrogen (secondary N) is 1. The number of anilines is 1. The number of amides is 2. The van der Waals surface area contributed by atoms with E-state index in [-0.39, 0.29) is 32.3 Å². The molecule has 0 saturated heterocycles. The van der Waals surface area contributed by atoms with Gasteiger partial charge in [-0.15, -0.1) is 0 Å². The third-order valence-electron chi connectivity index (χ3n) is 2.81. The van der Waals surface area contributed by atoms with Crippen molar-refractivity contribution in [1.82, 2.24) is 4.90 Å². The van der Waals surface area contributed by atoms with Crippen LogP contribution in [0.15, 0.2) is 24.3 Å². The molecule has 0 aromatic heterocycles. The van der Waals surface area contributed by atoms with Crippen LogP contribution in [0.5, 0.6) is 0 Å². The lowest BCUT2D eigenvalue weighted by atomic mass is 10.1. The van der Waals surface area contributed by atoms with E-state index in [2.05, 4.69) is 12.2 Å². The molecule has 5 heteroatoms. The summed E-state index contributed by atoms with van der Waals surface area (Å²) in [7, 11) is 0. The molecule has 0 aliphatic carbocycles. The molecular weight excluding hydrogens is 244 g/mol. The van der Waals surface area contributed by atoms with Crippen LogP contribution < -0.4 is 5.32 Å². The Morgan fingerprint density at radius 3 is 2.42 bits per heavy atom. The maximum absolute atomic E-state index is 12.0. The predicted molar refractivity (Wildman–Crippen MR) is 75.2 cm³/mol. The Bertz CT molecular complexity index is 390. The number of aliphatic hydroxyl groups is 2. The zero-order valence-electron chi connectivity index (χ0n) is 11.3. The Labute approximate surface area is 113 Å². The van der Waals surface area contributed by atoms with Gasteiger partial charge in [-0.25, -0.2) is 4.79 Å². The fourth-order valence-electron chi connectivity index (χ4n) is 1.88. The third kappa shape index (κ3) is 4.89. The lowest BCUT2D eigenvalue weighted by molar-refractivity contribution is 0.167. The monoisotopic (exact) mass is 266 g/mol. The van der Waals surface area contributed by atoms with Crippen LogP contribution in [0.4, 0.5) is 10.5 Å². The Morgan fingerprint density at radius 2 is 1.84 bits per heavy atom. The van der Waals surface area contributed by atoms with Crippen LogP contribution in [0.2, 0.25) is 0 Å². The van der Waals surface area contributed by atoms with E-state index in [0.717, 1.165) is 24.1 Å². The van der Waals surface area contributed by atoms with Gasteiger partial charge in [0.05, 0.1) is 13.2 Å². The lowest BCUT2D eigenvalue weighted by Crippen LogP contribution is -2.39. The van der Waals surface area contributed by atoms with Gasteiger partial charge in [0.15, 0.2) is 0 Å². The number of aryl methyl sites for hydroxylation is 1. The molecule has 0 radical (unpaired) electrons. The van der Waals surface area contributed by atoms with Gasteiger partial charge in [-0.1, -0.05) is 31.5 Å². The van der Waals surface area contributed by atoms with Crippen LogP contribution in [-0.2, 0) is 6.42 Å². The highest BCUT2D eigenvalue weighted by Crippen LogP contribution is 2.17. The SMILES string of the molecule is CCCc1ccccc1NC(=O)N(CCO)CCO. The summed E-state index contributed by atoms with van der Waals surface area (Å²) in [6.07, 6.45) is 1.90. The van der Waals surface area contributed by atoms with Gasteiger partial charge >= 0.3 is 6.03 Å². The Morgan fingerprint density at radius 1 is 1.21 bits per heavy atom. The van der Waals surface area contributed by atoms with Crippen molar-refractivity contribution in [2.75, 3.05) is 31.6 Å². The molecular formula is C14H22N2O3. The Kier molecular flexibility index (Phi) is 6.92. The first-order chi connectivity index (χ1) is 9.22. The highest BCUT2D eigenvalue weighted by Gasteiger charge is 2.13. The molecule has 0 fully saturated rings. The minimum Gasteiger partial charge on any atom is -0.395 e. The number of urea groups is 1. The summed E-state index contributed by atoms with van der Waals surface area (Å²) >= 11 is 0. The van der Waals surface area contributed by atoms with Crippen LogP contribution in [0.1, 0.15) is 18.9 Å². The molecule has 1 aromatic rings. The van der Waals surface area contributed by atoms with Crippen molar-refractivity contribution in [3.63, 3.8) is 0 Å². The number of nitrogens with zero attached hydrogens (tertiary/aromatic N) is 1. The molecule has 0 spiro atoms. The van der Waals surface area contributed by atoms with E-state index in [4.69, 9.17) is 10.2 Å². The third-order valence-corrected chi connectivity index (χ3v) is 2.81. The van der Waals surface area contributed by atoms with Crippen molar-refractivity contribution in [3.8, 4) is 0 Å². The summed E-state index contributed by atoms with van der Waals surface area (Å²) in [4.78, 5) is 13.4. The van der Waals surface area contributed by atoms with Crippen LogP contribution in [0.3, 0.4) is 0 Å². The largest absolute Gasteiger partial charge is 0.395 e. The molecule has 2 amide bonds. The maximum Gasteiger partial charge on any atom is 0.322 e. The summed E-state index contributed by atoms with van der Waals surface area (Å²) in [6.45, 7) is 2.27. The van der Waals surface area contributed by atoms with Crippen molar-refractivity contribution in [2.24, 2.45) is 0 Å². The molecule has 19 heavy (non-hydrogen) atoms. The summed E-state index contributed by atoms with van der Waals surface area (Å²) < 4.78 is 0. The molecule has 5 nitrogen and oxygen atoms in total. The number of rotatable bonds is 7. The van der Waals surface area contributed by atoms with Crippen LogP contribution in [0.25, 0.3) is 0 Å². The van der Waals surface area contributed by atoms with E-state index in [1.165, 1.54) is 4.90 Å². The average molecular weight is 266 g/mol. The lowest BCUT2D eigenvalue weighted by Gasteiger charge is -2.22. The van der Waals surface area contributed by atoms with E-state index in [0.29, 0.717) is 0 Å². The van der Waals surface area contributed by atoms with Crippen LogP contribution in [0, 0.1) is 0 Å². The minimum atomic E-state index is -0.299. The molecule has 106 valence electrons. The second-order valence-corrected chi connectivity index (χ2v) is 4.27. The number of aliphatic hydroxyl groups excluding tert-OH is 2. The van der Waals surface area contributed by atoms with Gasteiger partial charge in [0, 0.05) is 18.8 Å². The van der Waals surface area contributed by atoms with E-state index < -0.39 is 0 Å². The molecule has 0 aliphatic rings. The van der Waals surface area contributed by atoms with Gasteiger partial charge in [-0.05, 0) is 18.1 Å². The van der Waals surface area contributed by atoms with E-state index in [1.54, 1.807) is 0 Å². The highest BCUT2D eigenvalue weighted by atomic mass is 16.3. The minimum absolute atomic E-state index is 0.121. The molecule has 0 heterocycles. The number of para-hydroxylation sites is 1. The summed E-state index contributed by atoms with van der Waals surface area (Å²) in [5.74, 6) is 0. The molecule has 1 rings (SSSR count). The molecule has 0 bridgehead atoms. The van der Waals surface area contributed by atoms with E-state index >= 15 is 0 Å². The molecule has 0 unspecified atom stereocenters. The first-order valence-corrected chi connectivity index (χ1v) is 6.58. The zero-order valence-corrected chi connectivity index (χ0v) is 11.3. The van der Waals surface area contributed by atoms with Gasteiger partial charge in [0.25, 0.3) is 0 Å². The molecule has 0 aliphatic heterocycles.